The Balaban J connectivity index is 1.63. The van der Waals surface area contributed by atoms with Crippen molar-refractivity contribution in [3.63, 3.8) is 0 Å². The summed E-state index contributed by atoms with van der Waals surface area (Å²) in [7, 11) is 1.66. The fourth-order valence-electron chi connectivity index (χ4n) is 2.66. The van der Waals surface area contributed by atoms with E-state index in [1.807, 2.05) is 18.2 Å². The first-order chi connectivity index (χ1) is 10.8. The molecule has 2 aliphatic heterocycles. The smallest absolute Gasteiger partial charge is 0.249 e. The maximum Gasteiger partial charge on any atom is 0.249 e. The number of rotatable bonds is 6. The van der Waals surface area contributed by atoms with Crippen molar-refractivity contribution in [3.05, 3.63) is 53.4 Å². The quantitative estimate of drug-likeness (QED) is 0.814. The van der Waals surface area contributed by atoms with Crippen LogP contribution in [0.25, 0.3) is 0 Å². The van der Waals surface area contributed by atoms with Crippen LogP contribution in [0.5, 0.6) is 5.75 Å². The lowest BCUT2D eigenvalue weighted by molar-refractivity contribution is -0.116. The highest BCUT2D eigenvalue weighted by atomic mass is 16.5. The van der Waals surface area contributed by atoms with Gasteiger partial charge in [-0.1, -0.05) is 18.2 Å². The van der Waals surface area contributed by atoms with Crippen LogP contribution < -0.4 is 10.1 Å². The predicted octanol–water partition coefficient (Wildman–Crippen LogP) is 1.82. The third kappa shape index (κ3) is 3.14. The fraction of sp³-hybridized carbons (Fsp3) is 0.353. The van der Waals surface area contributed by atoms with E-state index in [0.717, 1.165) is 30.0 Å². The molecule has 1 aromatic carbocycles. The highest BCUT2D eigenvalue weighted by Gasteiger charge is 2.27. The summed E-state index contributed by atoms with van der Waals surface area (Å²) in [6.07, 6.45) is 4.82. The van der Waals surface area contributed by atoms with Gasteiger partial charge in [0.05, 0.1) is 13.2 Å². The molecule has 0 aliphatic carbocycles. The molecular formula is C17H20N2O3. The lowest BCUT2D eigenvalue weighted by atomic mass is 10.1. The van der Waals surface area contributed by atoms with Gasteiger partial charge >= 0.3 is 0 Å². The van der Waals surface area contributed by atoms with Crippen LogP contribution in [0.3, 0.4) is 0 Å². The number of ether oxygens (including phenoxy) is 2. The maximum atomic E-state index is 11.7. The molecule has 0 atom stereocenters. The standard InChI is InChI=1S/C17H20N2O3/c1-21-9-10-22-14-6-4-13(5-7-14)12-19-8-2-3-15-16(19)11-18-17(15)20/h2,4-8H,3,9-12H2,1H3,(H,18,20). The Labute approximate surface area is 130 Å². The second kappa shape index (κ2) is 6.66. The molecule has 0 saturated carbocycles. The van der Waals surface area contributed by atoms with Gasteiger partial charge in [0.1, 0.15) is 12.4 Å². The van der Waals surface area contributed by atoms with Gasteiger partial charge in [-0.2, -0.15) is 0 Å². The summed E-state index contributed by atoms with van der Waals surface area (Å²) in [5.41, 5.74) is 3.16. The molecule has 0 fully saturated rings. The Bertz CT molecular complexity index is 605. The fourth-order valence-corrected chi connectivity index (χ4v) is 2.66. The predicted molar refractivity (Wildman–Crippen MR) is 83.1 cm³/mol. The number of methoxy groups -OCH3 is 1. The Morgan fingerprint density at radius 1 is 1.23 bits per heavy atom. The number of carbonyl (C=O) groups excluding carboxylic acids is 1. The highest BCUT2D eigenvalue weighted by molar-refractivity contribution is 5.97. The molecule has 1 N–H and O–H groups in total. The van der Waals surface area contributed by atoms with Gasteiger partial charge in [-0.3, -0.25) is 4.79 Å². The zero-order valence-corrected chi connectivity index (χ0v) is 12.7. The van der Waals surface area contributed by atoms with Gasteiger partial charge in [0.2, 0.25) is 5.91 Å². The minimum absolute atomic E-state index is 0.0613. The van der Waals surface area contributed by atoms with Gasteiger partial charge in [-0.05, 0) is 24.1 Å². The zero-order valence-electron chi connectivity index (χ0n) is 12.7. The Kier molecular flexibility index (Phi) is 4.44. The van der Waals surface area contributed by atoms with Crippen LogP contribution in [0.4, 0.5) is 0 Å². The van der Waals surface area contributed by atoms with E-state index in [4.69, 9.17) is 9.47 Å². The summed E-state index contributed by atoms with van der Waals surface area (Å²) < 4.78 is 10.5. The van der Waals surface area contributed by atoms with Crippen LogP contribution in [0.15, 0.2) is 47.8 Å². The highest BCUT2D eigenvalue weighted by Crippen LogP contribution is 2.26. The van der Waals surface area contributed by atoms with Crippen LogP contribution in [0.1, 0.15) is 12.0 Å². The van der Waals surface area contributed by atoms with Crippen molar-refractivity contribution < 1.29 is 14.3 Å². The number of amides is 1. The number of nitrogens with zero attached hydrogens (tertiary/aromatic N) is 1. The molecule has 0 unspecified atom stereocenters. The summed E-state index contributed by atoms with van der Waals surface area (Å²) in [5, 5.41) is 2.89. The molecule has 2 aliphatic rings. The van der Waals surface area contributed by atoms with Crippen molar-refractivity contribution in [2.75, 3.05) is 26.9 Å². The van der Waals surface area contributed by atoms with Crippen molar-refractivity contribution in [1.82, 2.24) is 10.2 Å². The Morgan fingerprint density at radius 3 is 2.82 bits per heavy atom. The lowest BCUT2D eigenvalue weighted by Crippen LogP contribution is -2.22. The molecule has 22 heavy (non-hydrogen) atoms. The molecule has 0 bridgehead atoms. The van der Waals surface area contributed by atoms with Gasteiger partial charge in [-0.25, -0.2) is 0 Å². The van der Waals surface area contributed by atoms with Gasteiger partial charge < -0.3 is 19.7 Å². The van der Waals surface area contributed by atoms with E-state index in [1.165, 1.54) is 5.56 Å². The number of hydrogen-bond acceptors (Lipinski definition) is 4. The number of hydrogen-bond donors (Lipinski definition) is 1. The topological polar surface area (TPSA) is 50.8 Å². The largest absolute Gasteiger partial charge is 0.491 e. The van der Waals surface area contributed by atoms with Crippen LogP contribution in [0, 0.1) is 0 Å². The molecule has 5 nitrogen and oxygen atoms in total. The van der Waals surface area contributed by atoms with Crippen molar-refractivity contribution in [2.24, 2.45) is 0 Å². The van der Waals surface area contributed by atoms with Gasteiger partial charge in [-0.15, -0.1) is 0 Å². The first-order valence-electron chi connectivity index (χ1n) is 7.42. The van der Waals surface area contributed by atoms with Crippen LogP contribution in [0.2, 0.25) is 0 Å². The molecule has 0 saturated heterocycles. The molecular weight excluding hydrogens is 280 g/mol. The van der Waals surface area contributed by atoms with Crippen LogP contribution >= 0.6 is 0 Å². The van der Waals surface area contributed by atoms with Crippen molar-refractivity contribution in [2.45, 2.75) is 13.0 Å². The Hall–Kier alpha value is -2.27. The van der Waals surface area contributed by atoms with E-state index in [9.17, 15) is 4.79 Å². The molecule has 1 aromatic rings. The Morgan fingerprint density at radius 2 is 2.05 bits per heavy atom. The minimum atomic E-state index is 0.0613. The second-order valence-corrected chi connectivity index (χ2v) is 5.31. The van der Waals surface area contributed by atoms with E-state index in [1.54, 1.807) is 7.11 Å². The van der Waals surface area contributed by atoms with Crippen molar-refractivity contribution >= 4 is 5.91 Å². The van der Waals surface area contributed by atoms with Gasteiger partial charge in [0.25, 0.3) is 0 Å². The monoisotopic (exact) mass is 300 g/mol. The minimum Gasteiger partial charge on any atom is -0.491 e. The van der Waals surface area contributed by atoms with E-state index in [0.29, 0.717) is 19.8 Å². The number of allylic oxidation sites excluding steroid dienone is 1. The summed E-state index contributed by atoms with van der Waals surface area (Å²) in [4.78, 5) is 13.9. The zero-order chi connectivity index (χ0) is 15.4. The molecule has 1 amide bonds. The average Bonchev–Trinajstić information content (AvgIpc) is 2.92. The normalized spacial score (nSPS) is 16.8. The SMILES string of the molecule is COCCOc1ccc(CN2C=CCC3=C2CNC3=O)cc1. The van der Waals surface area contributed by atoms with Crippen LogP contribution in [-0.4, -0.2) is 37.7 Å². The summed E-state index contributed by atoms with van der Waals surface area (Å²) in [6, 6.07) is 8.03. The van der Waals surface area contributed by atoms with E-state index < -0.39 is 0 Å². The van der Waals surface area contributed by atoms with E-state index in [-0.39, 0.29) is 5.91 Å². The molecule has 5 heteroatoms. The van der Waals surface area contributed by atoms with E-state index >= 15 is 0 Å². The summed E-state index contributed by atoms with van der Waals surface area (Å²) >= 11 is 0. The third-order valence-electron chi connectivity index (χ3n) is 3.83. The molecule has 116 valence electrons. The van der Waals surface area contributed by atoms with Crippen LogP contribution in [-0.2, 0) is 16.1 Å². The molecule has 0 spiro atoms. The molecule has 2 heterocycles. The first-order valence-corrected chi connectivity index (χ1v) is 7.42. The molecule has 0 radical (unpaired) electrons. The first kappa shape index (κ1) is 14.7. The summed E-state index contributed by atoms with van der Waals surface area (Å²) in [5.74, 6) is 0.902. The van der Waals surface area contributed by atoms with Gasteiger partial charge in [0, 0.05) is 31.1 Å². The third-order valence-corrected chi connectivity index (χ3v) is 3.83. The van der Waals surface area contributed by atoms with E-state index in [2.05, 4.69) is 28.5 Å². The average molecular weight is 300 g/mol. The number of benzene rings is 1. The van der Waals surface area contributed by atoms with Gasteiger partial charge in [0.15, 0.2) is 0 Å². The van der Waals surface area contributed by atoms with Crippen molar-refractivity contribution in [1.29, 1.82) is 0 Å². The summed E-state index contributed by atoms with van der Waals surface area (Å²) in [6.45, 7) is 2.51. The molecule has 3 rings (SSSR count). The number of nitrogens with one attached hydrogen (secondary N) is 1. The maximum absolute atomic E-state index is 11.7. The second-order valence-electron chi connectivity index (χ2n) is 5.31. The molecule has 0 aromatic heterocycles. The van der Waals surface area contributed by atoms with Crippen molar-refractivity contribution in [3.8, 4) is 5.75 Å². The lowest BCUT2D eigenvalue weighted by Gasteiger charge is -2.25. The number of carbonyl (C=O) groups is 1.